The SMILES string of the molecule is Cn1c2c(c(NC(=O)CS(C)(=O)=O)c1-c1ccccc1)C(=O)N[C@@]1(CCc3cc(OCC(F)(F)F)ccc31)C2. The summed E-state index contributed by atoms with van der Waals surface area (Å²) in [5, 5.41) is 5.76. The van der Waals surface area contributed by atoms with Gasteiger partial charge in [-0.05, 0) is 36.1 Å². The number of halogens is 3. The van der Waals surface area contributed by atoms with E-state index in [4.69, 9.17) is 4.74 Å². The van der Waals surface area contributed by atoms with Crippen molar-refractivity contribution in [3.8, 4) is 17.0 Å². The summed E-state index contributed by atoms with van der Waals surface area (Å²) in [5.74, 6) is -1.82. The second-order valence-electron chi connectivity index (χ2n) is 10.0. The lowest BCUT2D eigenvalue weighted by Crippen LogP contribution is -2.50. The molecule has 0 unspecified atom stereocenters. The molecule has 8 nitrogen and oxygen atoms in total. The highest BCUT2D eigenvalue weighted by Gasteiger charge is 2.47. The molecule has 2 amide bonds. The summed E-state index contributed by atoms with van der Waals surface area (Å²) in [6.07, 6.45) is -2.08. The highest BCUT2D eigenvalue weighted by molar-refractivity contribution is 7.91. The zero-order valence-electron chi connectivity index (χ0n) is 21.2. The monoisotopic (exact) mass is 561 g/mol. The van der Waals surface area contributed by atoms with Crippen molar-refractivity contribution >= 4 is 27.3 Å². The van der Waals surface area contributed by atoms with E-state index in [0.717, 1.165) is 22.9 Å². The van der Waals surface area contributed by atoms with Gasteiger partial charge in [0.15, 0.2) is 16.4 Å². The molecule has 1 aliphatic carbocycles. The first kappa shape index (κ1) is 26.8. The Morgan fingerprint density at radius 3 is 2.56 bits per heavy atom. The van der Waals surface area contributed by atoms with Crippen molar-refractivity contribution in [2.75, 3.05) is 23.9 Å². The molecular formula is C27H26F3N3O5S. The van der Waals surface area contributed by atoms with Gasteiger partial charge in [-0.15, -0.1) is 0 Å². The van der Waals surface area contributed by atoms with Crippen LogP contribution in [0, 0.1) is 0 Å². The number of amides is 2. The molecule has 0 saturated carbocycles. The maximum Gasteiger partial charge on any atom is 0.422 e. The van der Waals surface area contributed by atoms with Gasteiger partial charge in [0.2, 0.25) is 5.91 Å². The minimum absolute atomic E-state index is 0.104. The zero-order valence-corrected chi connectivity index (χ0v) is 22.0. The van der Waals surface area contributed by atoms with Gasteiger partial charge in [0.1, 0.15) is 11.5 Å². The topological polar surface area (TPSA) is 107 Å². The number of carbonyl (C=O) groups is 2. The number of aromatic nitrogens is 1. The van der Waals surface area contributed by atoms with Crippen LogP contribution in [0.25, 0.3) is 11.3 Å². The van der Waals surface area contributed by atoms with Gasteiger partial charge in [-0.25, -0.2) is 8.42 Å². The maximum atomic E-state index is 13.7. The molecule has 39 heavy (non-hydrogen) atoms. The number of carbonyl (C=O) groups excluding carboxylic acids is 2. The van der Waals surface area contributed by atoms with Crippen LogP contribution >= 0.6 is 0 Å². The Balaban J connectivity index is 1.55. The number of benzene rings is 2. The third-order valence-corrected chi connectivity index (χ3v) is 7.87. The number of anilines is 1. The predicted molar refractivity (Wildman–Crippen MR) is 138 cm³/mol. The highest BCUT2D eigenvalue weighted by atomic mass is 32.2. The smallest absolute Gasteiger partial charge is 0.422 e. The van der Waals surface area contributed by atoms with E-state index in [1.54, 1.807) is 19.2 Å². The van der Waals surface area contributed by atoms with Crippen LogP contribution in [0.3, 0.4) is 0 Å². The number of alkyl halides is 3. The quantitative estimate of drug-likeness (QED) is 0.477. The Morgan fingerprint density at radius 1 is 1.18 bits per heavy atom. The molecule has 2 aliphatic rings. The van der Waals surface area contributed by atoms with Gasteiger partial charge in [-0.2, -0.15) is 13.2 Å². The second-order valence-corrected chi connectivity index (χ2v) is 12.2. The summed E-state index contributed by atoms with van der Waals surface area (Å²) in [5.41, 5.74) is 3.21. The number of ether oxygens (including phenoxy) is 1. The molecule has 2 heterocycles. The molecule has 12 heteroatoms. The lowest BCUT2D eigenvalue weighted by molar-refractivity contribution is -0.153. The second kappa shape index (κ2) is 9.44. The molecular weight excluding hydrogens is 535 g/mol. The summed E-state index contributed by atoms with van der Waals surface area (Å²) < 4.78 is 68.0. The van der Waals surface area contributed by atoms with Gasteiger partial charge < -0.3 is 19.9 Å². The van der Waals surface area contributed by atoms with Gasteiger partial charge in [-0.1, -0.05) is 36.4 Å². The number of hydrogen-bond donors (Lipinski definition) is 2. The number of fused-ring (bicyclic) bond motifs is 3. The highest BCUT2D eigenvalue weighted by Crippen LogP contribution is 2.47. The van der Waals surface area contributed by atoms with Gasteiger partial charge >= 0.3 is 6.18 Å². The summed E-state index contributed by atoms with van der Waals surface area (Å²) in [7, 11) is -1.83. The van der Waals surface area contributed by atoms with Crippen LogP contribution in [0.5, 0.6) is 5.75 Å². The Kier molecular flexibility index (Phi) is 6.48. The number of rotatable bonds is 6. The summed E-state index contributed by atoms with van der Waals surface area (Å²) in [6, 6.07) is 13.9. The first-order valence-electron chi connectivity index (χ1n) is 12.2. The minimum Gasteiger partial charge on any atom is -0.484 e. The lowest BCUT2D eigenvalue weighted by atomic mass is 9.82. The van der Waals surface area contributed by atoms with Crippen molar-refractivity contribution in [2.24, 2.45) is 7.05 Å². The van der Waals surface area contributed by atoms with Gasteiger partial charge in [-0.3, -0.25) is 9.59 Å². The largest absolute Gasteiger partial charge is 0.484 e. The molecule has 3 aromatic rings. The normalized spacial score (nSPS) is 18.4. The Labute approximate surface area is 223 Å². The van der Waals surface area contributed by atoms with E-state index < -0.39 is 45.7 Å². The molecule has 5 rings (SSSR count). The summed E-state index contributed by atoms with van der Waals surface area (Å²) >= 11 is 0. The van der Waals surface area contributed by atoms with Crippen LogP contribution in [0.2, 0.25) is 0 Å². The first-order valence-corrected chi connectivity index (χ1v) is 14.2. The molecule has 2 aromatic carbocycles. The molecule has 1 atom stereocenters. The number of nitrogens with zero attached hydrogens (tertiary/aromatic N) is 1. The van der Waals surface area contributed by atoms with E-state index in [0.29, 0.717) is 30.7 Å². The van der Waals surface area contributed by atoms with Crippen LogP contribution in [-0.2, 0) is 40.1 Å². The third-order valence-electron chi connectivity index (χ3n) is 7.09. The minimum atomic E-state index is -4.45. The van der Waals surface area contributed by atoms with Crippen molar-refractivity contribution in [1.29, 1.82) is 0 Å². The van der Waals surface area contributed by atoms with Gasteiger partial charge in [0.25, 0.3) is 5.91 Å². The van der Waals surface area contributed by atoms with Gasteiger partial charge in [0.05, 0.1) is 22.5 Å². The van der Waals surface area contributed by atoms with E-state index in [-0.39, 0.29) is 17.0 Å². The summed E-state index contributed by atoms with van der Waals surface area (Å²) in [4.78, 5) is 26.3. The fourth-order valence-corrected chi connectivity index (χ4v) is 6.11. The average molecular weight is 562 g/mol. The molecule has 0 fully saturated rings. The molecule has 1 spiro atoms. The number of nitrogens with one attached hydrogen (secondary N) is 2. The summed E-state index contributed by atoms with van der Waals surface area (Å²) in [6.45, 7) is -1.39. The average Bonchev–Trinajstić information content (AvgIpc) is 3.31. The van der Waals surface area contributed by atoms with Gasteiger partial charge in [0, 0.05) is 31.0 Å². The van der Waals surface area contributed by atoms with E-state index in [1.165, 1.54) is 6.07 Å². The Morgan fingerprint density at radius 2 is 1.90 bits per heavy atom. The van der Waals surface area contributed by atoms with E-state index >= 15 is 0 Å². The molecule has 0 saturated heterocycles. The number of aryl methyl sites for hydroxylation is 1. The fourth-order valence-electron chi connectivity index (χ4n) is 5.56. The number of hydrogen-bond acceptors (Lipinski definition) is 5. The predicted octanol–water partition coefficient (Wildman–Crippen LogP) is 3.74. The molecule has 1 aliphatic heterocycles. The molecule has 206 valence electrons. The van der Waals surface area contributed by atoms with Crippen molar-refractivity contribution < 1.29 is 35.9 Å². The third kappa shape index (κ3) is 5.25. The van der Waals surface area contributed by atoms with Crippen LogP contribution < -0.4 is 15.4 Å². The van der Waals surface area contributed by atoms with Crippen LogP contribution in [-0.4, -0.2) is 49.6 Å². The standard InChI is InChI=1S/C27H26F3N3O5S/c1-33-20-13-26(11-10-17-12-18(8-9-19(17)26)38-15-27(28,29)30)32-25(35)22(20)23(31-21(34)14-39(2,36)37)24(33)16-6-4-3-5-7-16/h3-9,12H,10-11,13-15H2,1-2H3,(H,31,34)(H,32,35)/t26-/m0/s1. The molecule has 2 N–H and O–H groups in total. The van der Waals surface area contributed by atoms with E-state index in [2.05, 4.69) is 10.6 Å². The molecule has 0 bridgehead atoms. The first-order chi connectivity index (χ1) is 18.3. The number of sulfone groups is 1. The Bertz CT molecular complexity index is 1580. The van der Waals surface area contributed by atoms with Crippen LogP contribution in [0.1, 0.15) is 33.6 Å². The fraction of sp³-hybridized carbons (Fsp3) is 0.333. The van der Waals surface area contributed by atoms with E-state index in [1.807, 2.05) is 34.9 Å². The van der Waals surface area contributed by atoms with Crippen LogP contribution in [0.15, 0.2) is 48.5 Å². The lowest BCUT2D eigenvalue weighted by Gasteiger charge is -2.36. The van der Waals surface area contributed by atoms with Crippen molar-refractivity contribution in [3.05, 3.63) is 70.9 Å². The van der Waals surface area contributed by atoms with Crippen molar-refractivity contribution in [3.63, 3.8) is 0 Å². The molecule has 1 aromatic heterocycles. The zero-order chi connectivity index (χ0) is 28.2. The molecule has 0 radical (unpaired) electrons. The van der Waals surface area contributed by atoms with Crippen LogP contribution in [0.4, 0.5) is 18.9 Å². The Hall–Kier alpha value is -3.80. The van der Waals surface area contributed by atoms with E-state index in [9.17, 15) is 31.2 Å². The van der Waals surface area contributed by atoms with Crippen molar-refractivity contribution in [2.45, 2.75) is 31.0 Å². The van der Waals surface area contributed by atoms with Crippen molar-refractivity contribution in [1.82, 2.24) is 9.88 Å². The maximum absolute atomic E-state index is 13.7.